The van der Waals surface area contributed by atoms with Crippen LogP contribution in [0, 0.1) is 0 Å². The van der Waals surface area contributed by atoms with Gasteiger partial charge in [0.05, 0.1) is 6.42 Å². The first-order valence-electron chi connectivity index (χ1n) is 9.19. The number of likely N-dealkylation sites (tertiary alicyclic amines) is 1. The highest BCUT2D eigenvalue weighted by molar-refractivity contribution is 5.76. The van der Waals surface area contributed by atoms with Crippen LogP contribution in [0.5, 0.6) is 0 Å². The molecule has 2 aromatic rings. The minimum Gasteiger partial charge on any atom is -0.445 e. The maximum absolute atomic E-state index is 12.2. The van der Waals surface area contributed by atoms with E-state index < -0.39 is 0 Å². The molecule has 1 aliphatic heterocycles. The number of anilines is 1. The molecule has 0 bridgehead atoms. The molecule has 1 fully saturated rings. The van der Waals surface area contributed by atoms with Crippen molar-refractivity contribution < 1.29 is 14.3 Å². The fourth-order valence-corrected chi connectivity index (χ4v) is 3.17. The van der Waals surface area contributed by atoms with Gasteiger partial charge in [-0.25, -0.2) is 4.79 Å². The van der Waals surface area contributed by atoms with Crippen LogP contribution in [0.4, 0.5) is 10.5 Å². The first-order valence-corrected chi connectivity index (χ1v) is 9.19. The molecule has 6 nitrogen and oxygen atoms in total. The zero-order valence-corrected chi connectivity index (χ0v) is 15.3. The lowest BCUT2D eigenvalue weighted by molar-refractivity contribution is -0.117. The number of primary amides is 1. The van der Waals surface area contributed by atoms with Gasteiger partial charge in [-0.3, -0.25) is 4.79 Å². The lowest BCUT2D eigenvalue weighted by Crippen LogP contribution is -2.42. The molecular weight excluding hydrogens is 342 g/mol. The first kappa shape index (κ1) is 18.8. The van der Waals surface area contributed by atoms with Crippen molar-refractivity contribution in [1.29, 1.82) is 0 Å². The topological polar surface area (TPSA) is 84.7 Å². The van der Waals surface area contributed by atoms with Gasteiger partial charge in [0.25, 0.3) is 0 Å². The summed E-state index contributed by atoms with van der Waals surface area (Å²) in [5.74, 6) is -0.331. The van der Waals surface area contributed by atoms with Gasteiger partial charge in [-0.05, 0) is 36.1 Å². The monoisotopic (exact) mass is 367 g/mol. The number of nitrogens with zero attached hydrogens (tertiary/aromatic N) is 1. The van der Waals surface area contributed by atoms with Gasteiger partial charge in [0.2, 0.25) is 5.91 Å². The Balaban J connectivity index is 1.41. The Hall–Kier alpha value is -3.02. The van der Waals surface area contributed by atoms with Gasteiger partial charge in [-0.1, -0.05) is 42.5 Å². The Morgan fingerprint density at radius 2 is 1.67 bits per heavy atom. The van der Waals surface area contributed by atoms with Crippen LogP contribution in [-0.4, -0.2) is 36.0 Å². The Bertz CT molecular complexity index is 754. The molecule has 0 radical (unpaired) electrons. The number of hydrogen-bond acceptors (Lipinski definition) is 4. The van der Waals surface area contributed by atoms with Crippen molar-refractivity contribution >= 4 is 17.7 Å². The molecule has 1 aliphatic rings. The molecule has 2 aromatic carbocycles. The SMILES string of the molecule is NC(=O)Cc1ccc(NC2CCN(C(=O)OCc3ccccc3)CC2)cc1. The Morgan fingerprint density at radius 1 is 1.00 bits per heavy atom. The van der Waals surface area contributed by atoms with Crippen molar-refractivity contribution in [3.8, 4) is 0 Å². The quantitative estimate of drug-likeness (QED) is 0.822. The number of carbonyl (C=O) groups is 2. The van der Waals surface area contributed by atoms with E-state index in [2.05, 4.69) is 5.32 Å². The summed E-state index contributed by atoms with van der Waals surface area (Å²) in [6.07, 6.45) is 1.73. The fraction of sp³-hybridized carbons (Fsp3) is 0.333. The van der Waals surface area contributed by atoms with Crippen molar-refractivity contribution in [2.45, 2.75) is 31.9 Å². The summed E-state index contributed by atoms with van der Waals surface area (Å²) in [4.78, 5) is 24.9. The van der Waals surface area contributed by atoms with E-state index in [9.17, 15) is 9.59 Å². The molecule has 1 heterocycles. The van der Waals surface area contributed by atoms with Gasteiger partial charge in [0.1, 0.15) is 6.61 Å². The molecular formula is C21H25N3O3. The van der Waals surface area contributed by atoms with Crippen LogP contribution in [0.1, 0.15) is 24.0 Å². The number of benzene rings is 2. The summed E-state index contributed by atoms with van der Waals surface area (Å²) in [6.45, 7) is 1.64. The van der Waals surface area contributed by atoms with Crippen LogP contribution in [0.15, 0.2) is 54.6 Å². The lowest BCUT2D eigenvalue weighted by Gasteiger charge is -2.32. The van der Waals surface area contributed by atoms with Crippen molar-refractivity contribution in [1.82, 2.24) is 4.90 Å². The predicted molar refractivity (Wildman–Crippen MR) is 104 cm³/mol. The molecule has 142 valence electrons. The van der Waals surface area contributed by atoms with E-state index in [1.54, 1.807) is 4.90 Å². The highest BCUT2D eigenvalue weighted by Gasteiger charge is 2.23. The number of carbonyl (C=O) groups excluding carboxylic acids is 2. The molecule has 0 atom stereocenters. The number of piperidine rings is 1. The Kier molecular flexibility index (Phi) is 6.30. The van der Waals surface area contributed by atoms with E-state index in [1.165, 1.54) is 0 Å². The average molecular weight is 367 g/mol. The third-order valence-corrected chi connectivity index (χ3v) is 4.66. The van der Waals surface area contributed by atoms with Crippen molar-refractivity contribution in [2.75, 3.05) is 18.4 Å². The summed E-state index contributed by atoms with van der Waals surface area (Å²) in [6, 6.07) is 17.7. The predicted octanol–water partition coefficient (Wildman–Crippen LogP) is 2.93. The summed E-state index contributed by atoms with van der Waals surface area (Å²) in [5.41, 5.74) is 8.11. The Labute approximate surface area is 159 Å². The van der Waals surface area contributed by atoms with Crippen LogP contribution in [0.2, 0.25) is 0 Å². The smallest absolute Gasteiger partial charge is 0.410 e. The average Bonchev–Trinajstić information content (AvgIpc) is 2.69. The second-order valence-electron chi connectivity index (χ2n) is 6.79. The number of rotatable bonds is 6. The molecule has 0 aromatic heterocycles. The van der Waals surface area contributed by atoms with E-state index in [4.69, 9.17) is 10.5 Å². The third kappa shape index (κ3) is 5.74. The molecule has 2 amide bonds. The van der Waals surface area contributed by atoms with E-state index >= 15 is 0 Å². The van der Waals surface area contributed by atoms with Crippen LogP contribution < -0.4 is 11.1 Å². The zero-order chi connectivity index (χ0) is 19.1. The Morgan fingerprint density at radius 3 is 2.30 bits per heavy atom. The summed E-state index contributed by atoms with van der Waals surface area (Å²) < 4.78 is 5.39. The number of nitrogens with one attached hydrogen (secondary N) is 1. The summed E-state index contributed by atoms with van der Waals surface area (Å²) in [5, 5.41) is 3.48. The lowest BCUT2D eigenvalue weighted by atomic mass is 10.0. The minimum absolute atomic E-state index is 0.254. The van der Waals surface area contributed by atoms with Gasteiger partial charge >= 0.3 is 6.09 Å². The van der Waals surface area contributed by atoms with E-state index in [1.807, 2.05) is 54.6 Å². The molecule has 3 rings (SSSR count). The van der Waals surface area contributed by atoms with Crippen LogP contribution in [-0.2, 0) is 22.6 Å². The fourth-order valence-electron chi connectivity index (χ4n) is 3.17. The normalized spacial score (nSPS) is 14.6. The van der Waals surface area contributed by atoms with Gasteiger partial charge in [-0.15, -0.1) is 0 Å². The largest absolute Gasteiger partial charge is 0.445 e. The molecule has 1 saturated heterocycles. The van der Waals surface area contributed by atoms with E-state index in [0.717, 1.165) is 29.7 Å². The standard InChI is InChI=1S/C21H25N3O3/c22-20(25)14-16-6-8-18(9-7-16)23-19-10-12-24(13-11-19)21(26)27-15-17-4-2-1-3-5-17/h1-9,19,23H,10-15H2,(H2,22,25). The molecule has 0 spiro atoms. The summed E-state index contributed by atoms with van der Waals surface area (Å²) in [7, 11) is 0. The number of hydrogen-bond donors (Lipinski definition) is 2. The zero-order valence-electron chi connectivity index (χ0n) is 15.3. The number of ether oxygens (including phenoxy) is 1. The van der Waals surface area contributed by atoms with Gasteiger partial charge < -0.3 is 20.7 Å². The van der Waals surface area contributed by atoms with Crippen molar-refractivity contribution in [3.05, 3.63) is 65.7 Å². The highest BCUT2D eigenvalue weighted by Crippen LogP contribution is 2.18. The number of amides is 2. The molecule has 3 N–H and O–H groups in total. The van der Waals surface area contributed by atoms with Gasteiger partial charge in [-0.2, -0.15) is 0 Å². The van der Waals surface area contributed by atoms with Crippen LogP contribution >= 0.6 is 0 Å². The molecule has 0 unspecified atom stereocenters. The maximum atomic E-state index is 12.2. The highest BCUT2D eigenvalue weighted by atomic mass is 16.6. The van der Waals surface area contributed by atoms with Crippen molar-refractivity contribution in [2.24, 2.45) is 5.73 Å². The first-order chi connectivity index (χ1) is 13.1. The minimum atomic E-state index is -0.331. The molecule has 0 aliphatic carbocycles. The summed E-state index contributed by atoms with van der Waals surface area (Å²) >= 11 is 0. The molecule has 0 saturated carbocycles. The van der Waals surface area contributed by atoms with E-state index in [-0.39, 0.29) is 18.4 Å². The van der Waals surface area contributed by atoms with Crippen LogP contribution in [0.25, 0.3) is 0 Å². The second kappa shape index (κ2) is 9.07. The van der Waals surface area contributed by atoms with Gasteiger partial charge in [0, 0.05) is 24.8 Å². The number of nitrogens with two attached hydrogens (primary N) is 1. The second-order valence-corrected chi connectivity index (χ2v) is 6.79. The van der Waals surface area contributed by atoms with E-state index in [0.29, 0.717) is 25.7 Å². The maximum Gasteiger partial charge on any atom is 0.410 e. The van der Waals surface area contributed by atoms with Crippen molar-refractivity contribution in [3.63, 3.8) is 0 Å². The molecule has 6 heteroatoms. The molecule has 27 heavy (non-hydrogen) atoms. The van der Waals surface area contributed by atoms with Crippen LogP contribution in [0.3, 0.4) is 0 Å². The third-order valence-electron chi connectivity index (χ3n) is 4.66. The van der Waals surface area contributed by atoms with Gasteiger partial charge in [0.15, 0.2) is 0 Å².